The average molecular weight is 437 g/mol. The Kier molecular flexibility index (Phi) is 7.59. The third-order valence-electron chi connectivity index (χ3n) is 5.45. The maximum Gasteiger partial charge on any atom is 0.226 e. The highest BCUT2D eigenvalue weighted by Crippen LogP contribution is 2.33. The van der Waals surface area contributed by atoms with Gasteiger partial charge in [0.25, 0.3) is 0 Å². The van der Waals surface area contributed by atoms with Gasteiger partial charge < -0.3 is 4.90 Å². The van der Waals surface area contributed by atoms with Crippen LogP contribution in [-0.4, -0.2) is 21.2 Å². The highest BCUT2D eigenvalue weighted by atomic mass is 32.2. The van der Waals surface area contributed by atoms with Gasteiger partial charge in [-0.05, 0) is 36.8 Å². The van der Waals surface area contributed by atoms with Gasteiger partial charge in [-0.3, -0.25) is 4.79 Å². The molecular formula is C25H28N2OS2. The van der Waals surface area contributed by atoms with Gasteiger partial charge in [-0.1, -0.05) is 67.1 Å². The second-order valence-electron chi connectivity index (χ2n) is 7.76. The summed E-state index contributed by atoms with van der Waals surface area (Å²) in [7, 11) is 0. The highest BCUT2D eigenvalue weighted by molar-refractivity contribution is 7.99. The molecular weight excluding hydrogens is 408 g/mol. The normalized spacial score (nSPS) is 15.9. The number of amides is 1. The summed E-state index contributed by atoms with van der Waals surface area (Å²) in [5, 5.41) is 3.51. The molecule has 5 heteroatoms. The van der Waals surface area contributed by atoms with Gasteiger partial charge in [0, 0.05) is 11.1 Å². The Morgan fingerprint density at radius 3 is 2.37 bits per heavy atom. The fourth-order valence-electron chi connectivity index (χ4n) is 3.67. The van der Waals surface area contributed by atoms with Crippen molar-refractivity contribution in [1.29, 1.82) is 0 Å². The Balaban J connectivity index is 1.17. The molecule has 4 rings (SSSR count). The molecule has 30 heavy (non-hydrogen) atoms. The summed E-state index contributed by atoms with van der Waals surface area (Å²) >= 11 is 3.55. The molecule has 0 spiro atoms. The van der Waals surface area contributed by atoms with Crippen molar-refractivity contribution in [2.45, 2.75) is 56.2 Å². The molecule has 156 valence electrons. The van der Waals surface area contributed by atoms with Gasteiger partial charge >= 0.3 is 0 Å². The molecule has 0 bridgehead atoms. The molecule has 0 saturated carbocycles. The minimum Gasteiger partial charge on any atom is -0.323 e. The summed E-state index contributed by atoms with van der Waals surface area (Å²) in [5.41, 5.74) is 3.91. The van der Waals surface area contributed by atoms with Crippen LogP contribution in [0.2, 0.25) is 0 Å². The molecule has 1 fully saturated rings. The predicted molar refractivity (Wildman–Crippen MR) is 127 cm³/mol. The van der Waals surface area contributed by atoms with E-state index in [2.05, 4.69) is 60.0 Å². The van der Waals surface area contributed by atoms with Gasteiger partial charge in [-0.25, -0.2) is 4.98 Å². The van der Waals surface area contributed by atoms with E-state index in [9.17, 15) is 4.79 Å². The minimum absolute atomic E-state index is 0.248. The number of hydrogen-bond donors (Lipinski definition) is 0. The van der Waals surface area contributed by atoms with E-state index in [1.54, 1.807) is 11.3 Å². The van der Waals surface area contributed by atoms with Gasteiger partial charge in [0.15, 0.2) is 0 Å². The standard InChI is InChI=1S/C25H28N2OS2/c28-24-16-25(30-18-21-13-7-2-8-14-21)27(24)17-23-26-22(19-29-23)15-9-3-6-12-20-10-4-1-5-11-20/h1-2,4-5,7-8,10-11,13-14,19,25H,3,6,9,12,15-18H2. The smallest absolute Gasteiger partial charge is 0.226 e. The van der Waals surface area contributed by atoms with Crippen LogP contribution in [0.25, 0.3) is 0 Å². The van der Waals surface area contributed by atoms with Crippen molar-refractivity contribution >= 4 is 29.0 Å². The summed E-state index contributed by atoms with van der Waals surface area (Å²) < 4.78 is 0. The molecule has 1 amide bonds. The Hall–Kier alpha value is -2.11. The number of likely N-dealkylation sites (tertiary alicyclic amines) is 1. The van der Waals surface area contributed by atoms with E-state index in [4.69, 9.17) is 4.98 Å². The molecule has 0 N–H and O–H groups in total. The third-order valence-corrected chi connectivity index (χ3v) is 7.64. The van der Waals surface area contributed by atoms with Gasteiger partial charge in [-0.15, -0.1) is 23.1 Å². The molecule has 2 heterocycles. The van der Waals surface area contributed by atoms with E-state index in [-0.39, 0.29) is 11.3 Å². The van der Waals surface area contributed by atoms with Crippen LogP contribution >= 0.6 is 23.1 Å². The molecule has 1 aliphatic heterocycles. The summed E-state index contributed by atoms with van der Waals surface area (Å²) in [6, 6.07) is 21.2. The number of β-lactam (4-membered cyclic amide) rings is 1. The Bertz CT molecular complexity index is 927. The Labute approximate surface area is 187 Å². The second-order valence-corrected chi connectivity index (χ2v) is 9.86. The first kappa shape index (κ1) is 21.1. The number of thiazole rings is 1. The van der Waals surface area contributed by atoms with Crippen molar-refractivity contribution in [2.24, 2.45) is 0 Å². The number of thioether (sulfide) groups is 1. The van der Waals surface area contributed by atoms with Crippen molar-refractivity contribution in [2.75, 3.05) is 0 Å². The monoisotopic (exact) mass is 436 g/mol. The topological polar surface area (TPSA) is 33.2 Å². The first-order valence-electron chi connectivity index (χ1n) is 10.7. The fourth-order valence-corrected chi connectivity index (χ4v) is 5.71. The molecule has 1 aromatic heterocycles. The van der Waals surface area contributed by atoms with E-state index in [1.165, 1.54) is 36.1 Å². The number of aryl methyl sites for hydroxylation is 2. The van der Waals surface area contributed by atoms with Crippen LogP contribution in [0, 0.1) is 0 Å². The maximum atomic E-state index is 12.1. The lowest BCUT2D eigenvalue weighted by Gasteiger charge is -2.39. The predicted octanol–water partition coefficient (Wildman–Crippen LogP) is 6.09. The third kappa shape index (κ3) is 5.96. The summed E-state index contributed by atoms with van der Waals surface area (Å²) in [5.74, 6) is 1.19. The summed E-state index contributed by atoms with van der Waals surface area (Å²) in [6.45, 7) is 0.657. The number of benzene rings is 2. The first-order chi connectivity index (χ1) is 14.8. The van der Waals surface area contributed by atoms with E-state index in [1.807, 2.05) is 22.7 Å². The second kappa shape index (κ2) is 10.8. The van der Waals surface area contributed by atoms with Crippen molar-refractivity contribution < 1.29 is 4.79 Å². The number of carbonyl (C=O) groups is 1. The van der Waals surface area contributed by atoms with Crippen molar-refractivity contribution in [3.05, 3.63) is 87.9 Å². The number of unbranched alkanes of at least 4 members (excludes halogenated alkanes) is 2. The van der Waals surface area contributed by atoms with Crippen LogP contribution in [0.15, 0.2) is 66.0 Å². The quantitative estimate of drug-likeness (QED) is 0.269. The van der Waals surface area contributed by atoms with Crippen LogP contribution in [0.3, 0.4) is 0 Å². The lowest BCUT2D eigenvalue weighted by molar-refractivity contribution is -0.142. The van der Waals surface area contributed by atoms with Crippen LogP contribution in [-0.2, 0) is 29.9 Å². The van der Waals surface area contributed by atoms with Crippen LogP contribution in [0.5, 0.6) is 0 Å². The molecule has 1 aliphatic rings. The average Bonchev–Trinajstić information content (AvgIpc) is 3.24. The maximum absolute atomic E-state index is 12.1. The van der Waals surface area contributed by atoms with E-state index < -0.39 is 0 Å². The largest absolute Gasteiger partial charge is 0.323 e. The van der Waals surface area contributed by atoms with Crippen molar-refractivity contribution in [1.82, 2.24) is 9.88 Å². The molecule has 1 saturated heterocycles. The number of carbonyl (C=O) groups excluding carboxylic acids is 1. The van der Waals surface area contributed by atoms with Gasteiger partial charge in [0.05, 0.1) is 24.0 Å². The number of aromatic nitrogens is 1. The lowest BCUT2D eigenvalue weighted by Crippen LogP contribution is -2.49. The zero-order chi connectivity index (χ0) is 20.6. The molecule has 0 radical (unpaired) electrons. The molecule has 0 aliphatic carbocycles. The van der Waals surface area contributed by atoms with E-state index >= 15 is 0 Å². The Morgan fingerprint density at radius 2 is 1.63 bits per heavy atom. The zero-order valence-corrected chi connectivity index (χ0v) is 18.8. The van der Waals surface area contributed by atoms with Gasteiger partial charge in [0.2, 0.25) is 5.91 Å². The van der Waals surface area contributed by atoms with Gasteiger partial charge in [-0.2, -0.15) is 0 Å². The fraction of sp³-hybridized carbons (Fsp3) is 0.360. The molecule has 3 aromatic rings. The number of hydrogen-bond acceptors (Lipinski definition) is 4. The van der Waals surface area contributed by atoms with Crippen molar-refractivity contribution in [3.8, 4) is 0 Å². The van der Waals surface area contributed by atoms with Crippen LogP contribution in [0.4, 0.5) is 0 Å². The SMILES string of the molecule is O=C1CC(SCc2ccccc2)N1Cc1nc(CCCCCc2ccccc2)cs1. The summed E-state index contributed by atoms with van der Waals surface area (Å²) in [4.78, 5) is 18.9. The number of nitrogens with zero attached hydrogens (tertiary/aromatic N) is 2. The van der Waals surface area contributed by atoms with Gasteiger partial charge in [0.1, 0.15) is 5.01 Å². The highest BCUT2D eigenvalue weighted by Gasteiger charge is 2.36. The molecule has 1 atom stereocenters. The first-order valence-corrected chi connectivity index (χ1v) is 12.6. The van der Waals surface area contributed by atoms with Crippen LogP contribution < -0.4 is 0 Å². The number of rotatable bonds is 11. The van der Waals surface area contributed by atoms with Crippen molar-refractivity contribution in [3.63, 3.8) is 0 Å². The Morgan fingerprint density at radius 1 is 0.933 bits per heavy atom. The van der Waals surface area contributed by atoms with E-state index in [0.717, 1.165) is 23.6 Å². The molecule has 3 nitrogen and oxygen atoms in total. The molecule has 1 unspecified atom stereocenters. The summed E-state index contributed by atoms with van der Waals surface area (Å²) in [6.07, 6.45) is 6.47. The minimum atomic E-state index is 0.248. The zero-order valence-electron chi connectivity index (χ0n) is 17.2. The lowest BCUT2D eigenvalue weighted by atomic mass is 10.1. The van der Waals surface area contributed by atoms with E-state index in [0.29, 0.717) is 13.0 Å². The van der Waals surface area contributed by atoms with Crippen LogP contribution in [0.1, 0.15) is 47.5 Å². The molecule has 2 aromatic carbocycles.